The molecule has 0 fully saturated rings. The van der Waals surface area contributed by atoms with E-state index < -0.39 is 5.60 Å². The molecular formula is C10H16N2O3. The Morgan fingerprint density at radius 2 is 2.33 bits per heavy atom. The van der Waals surface area contributed by atoms with Gasteiger partial charge in [0.2, 0.25) is 0 Å². The second-order valence-corrected chi connectivity index (χ2v) is 4.03. The molecule has 1 aromatic rings. The highest BCUT2D eigenvalue weighted by Crippen LogP contribution is 2.04. The number of amides is 1. The molecule has 5 nitrogen and oxygen atoms in total. The molecule has 15 heavy (non-hydrogen) atoms. The first kappa shape index (κ1) is 11.7. The summed E-state index contributed by atoms with van der Waals surface area (Å²) in [6.07, 6.45) is 0.700. The molecule has 0 aliphatic carbocycles. The third-order valence-electron chi connectivity index (χ3n) is 1.82. The van der Waals surface area contributed by atoms with Crippen molar-refractivity contribution in [2.24, 2.45) is 0 Å². The third-order valence-corrected chi connectivity index (χ3v) is 1.82. The van der Waals surface area contributed by atoms with Crippen molar-refractivity contribution < 1.29 is 14.4 Å². The van der Waals surface area contributed by atoms with Crippen LogP contribution in [0.2, 0.25) is 0 Å². The second-order valence-electron chi connectivity index (χ2n) is 4.03. The SMILES string of the molecule is CCc1cc(C(=O)NCC(C)(C)O)no1. The number of rotatable bonds is 4. The topological polar surface area (TPSA) is 75.4 Å². The maximum absolute atomic E-state index is 11.5. The summed E-state index contributed by atoms with van der Waals surface area (Å²) in [7, 11) is 0. The molecule has 0 atom stereocenters. The smallest absolute Gasteiger partial charge is 0.273 e. The first-order valence-corrected chi connectivity index (χ1v) is 4.88. The van der Waals surface area contributed by atoms with Crippen molar-refractivity contribution >= 4 is 5.91 Å². The van der Waals surface area contributed by atoms with E-state index in [2.05, 4.69) is 10.5 Å². The molecule has 84 valence electrons. The van der Waals surface area contributed by atoms with Gasteiger partial charge < -0.3 is 14.9 Å². The van der Waals surface area contributed by atoms with E-state index in [1.807, 2.05) is 6.92 Å². The summed E-state index contributed by atoms with van der Waals surface area (Å²) in [5.74, 6) is 0.337. The Morgan fingerprint density at radius 1 is 1.67 bits per heavy atom. The van der Waals surface area contributed by atoms with Crippen LogP contribution in [0.4, 0.5) is 0 Å². The Balaban J connectivity index is 2.54. The zero-order valence-electron chi connectivity index (χ0n) is 9.20. The fourth-order valence-corrected chi connectivity index (χ4v) is 0.974. The van der Waals surface area contributed by atoms with Gasteiger partial charge in [-0.25, -0.2) is 0 Å². The highest BCUT2D eigenvalue weighted by molar-refractivity contribution is 5.92. The largest absolute Gasteiger partial charge is 0.389 e. The minimum absolute atomic E-state index is 0.181. The van der Waals surface area contributed by atoms with Gasteiger partial charge in [-0.3, -0.25) is 4.79 Å². The molecule has 0 aliphatic heterocycles. The van der Waals surface area contributed by atoms with E-state index in [9.17, 15) is 9.90 Å². The minimum Gasteiger partial charge on any atom is -0.389 e. The van der Waals surface area contributed by atoms with E-state index in [4.69, 9.17) is 4.52 Å². The highest BCUT2D eigenvalue weighted by Gasteiger charge is 2.16. The van der Waals surface area contributed by atoms with Crippen LogP contribution in [0, 0.1) is 0 Å². The molecule has 0 bridgehead atoms. The first-order valence-electron chi connectivity index (χ1n) is 4.88. The third kappa shape index (κ3) is 3.71. The Labute approximate surface area is 88.5 Å². The van der Waals surface area contributed by atoms with Crippen molar-refractivity contribution in [2.45, 2.75) is 32.8 Å². The van der Waals surface area contributed by atoms with Crippen LogP contribution in [0.1, 0.15) is 37.0 Å². The molecule has 0 spiro atoms. The van der Waals surface area contributed by atoms with Crippen molar-refractivity contribution in [2.75, 3.05) is 6.54 Å². The molecule has 2 N–H and O–H groups in total. The summed E-state index contributed by atoms with van der Waals surface area (Å²) in [5.41, 5.74) is -0.677. The number of hydrogen-bond acceptors (Lipinski definition) is 4. The van der Waals surface area contributed by atoms with Crippen LogP contribution < -0.4 is 5.32 Å². The van der Waals surface area contributed by atoms with Crippen molar-refractivity contribution in [1.29, 1.82) is 0 Å². The van der Waals surface area contributed by atoms with E-state index >= 15 is 0 Å². The number of aliphatic hydroxyl groups is 1. The number of nitrogens with zero attached hydrogens (tertiary/aromatic N) is 1. The molecular weight excluding hydrogens is 196 g/mol. The van der Waals surface area contributed by atoms with Gasteiger partial charge >= 0.3 is 0 Å². The van der Waals surface area contributed by atoms with Crippen LogP contribution in [0.15, 0.2) is 10.6 Å². The molecule has 0 radical (unpaired) electrons. The van der Waals surface area contributed by atoms with Crippen LogP contribution >= 0.6 is 0 Å². The number of nitrogens with one attached hydrogen (secondary N) is 1. The van der Waals surface area contributed by atoms with E-state index in [1.165, 1.54) is 0 Å². The lowest BCUT2D eigenvalue weighted by molar-refractivity contribution is 0.0690. The quantitative estimate of drug-likeness (QED) is 0.771. The average Bonchev–Trinajstić information content (AvgIpc) is 2.61. The van der Waals surface area contributed by atoms with Gasteiger partial charge in [0, 0.05) is 19.0 Å². The van der Waals surface area contributed by atoms with Gasteiger partial charge in [0.1, 0.15) is 5.76 Å². The minimum atomic E-state index is -0.924. The Hall–Kier alpha value is -1.36. The van der Waals surface area contributed by atoms with Gasteiger partial charge in [-0.05, 0) is 13.8 Å². The Kier molecular flexibility index (Phi) is 3.47. The summed E-state index contributed by atoms with van der Waals surface area (Å²) in [6.45, 7) is 5.33. The molecule has 0 aromatic carbocycles. The molecule has 1 aromatic heterocycles. The fraction of sp³-hybridized carbons (Fsp3) is 0.600. The van der Waals surface area contributed by atoms with Crippen LogP contribution in [0.5, 0.6) is 0 Å². The average molecular weight is 212 g/mol. The monoisotopic (exact) mass is 212 g/mol. The molecule has 5 heteroatoms. The van der Waals surface area contributed by atoms with Gasteiger partial charge in [0.05, 0.1) is 5.60 Å². The van der Waals surface area contributed by atoms with Crippen LogP contribution in [0.25, 0.3) is 0 Å². The predicted octanol–water partition coefficient (Wildman–Crippen LogP) is 0.738. The molecule has 1 amide bonds. The lowest BCUT2D eigenvalue weighted by Gasteiger charge is -2.16. The summed E-state index contributed by atoms with van der Waals surface area (Å²) in [4.78, 5) is 11.5. The molecule has 0 saturated heterocycles. The Bertz CT molecular complexity index is 339. The molecule has 0 unspecified atom stereocenters. The number of carbonyl (C=O) groups excluding carboxylic acids is 1. The molecule has 1 heterocycles. The summed E-state index contributed by atoms with van der Waals surface area (Å²) >= 11 is 0. The normalized spacial score (nSPS) is 11.5. The summed E-state index contributed by atoms with van der Waals surface area (Å²) in [5, 5.41) is 15.6. The number of aryl methyl sites for hydroxylation is 1. The van der Waals surface area contributed by atoms with E-state index in [0.717, 1.165) is 0 Å². The Morgan fingerprint density at radius 3 is 2.80 bits per heavy atom. The number of hydrogen-bond donors (Lipinski definition) is 2. The van der Waals surface area contributed by atoms with Crippen LogP contribution in [-0.2, 0) is 6.42 Å². The van der Waals surface area contributed by atoms with Crippen molar-refractivity contribution in [3.8, 4) is 0 Å². The van der Waals surface area contributed by atoms with Crippen LogP contribution in [-0.4, -0.2) is 28.3 Å². The molecule has 0 saturated carbocycles. The van der Waals surface area contributed by atoms with Crippen molar-refractivity contribution in [3.63, 3.8) is 0 Å². The number of aromatic nitrogens is 1. The summed E-state index contributed by atoms with van der Waals surface area (Å²) < 4.78 is 4.89. The lowest BCUT2D eigenvalue weighted by Crippen LogP contribution is -2.38. The zero-order chi connectivity index (χ0) is 11.5. The second kappa shape index (κ2) is 4.44. The zero-order valence-corrected chi connectivity index (χ0v) is 9.20. The number of carbonyl (C=O) groups is 1. The lowest BCUT2D eigenvalue weighted by atomic mass is 10.1. The standard InChI is InChI=1S/C10H16N2O3/c1-4-7-5-8(12-15-7)9(13)11-6-10(2,3)14/h5,14H,4,6H2,1-3H3,(H,11,13). The van der Waals surface area contributed by atoms with E-state index in [0.29, 0.717) is 12.2 Å². The van der Waals surface area contributed by atoms with Crippen molar-refractivity contribution in [1.82, 2.24) is 10.5 Å². The van der Waals surface area contributed by atoms with E-state index in [1.54, 1.807) is 19.9 Å². The van der Waals surface area contributed by atoms with Crippen molar-refractivity contribution in [3.05, 3.63) is 17.5 Å². The molecule has 0 aliphatic rings. The fourth-order valence-electron chi connectivity index (χ4n) is 0.974. The summed E-state index contributed by atoms with van der Waals surface area (Å²) in [6, 6.07) is 1.60. The van der Waals surface area contributed by atoms with Crippen LogP contribution in [0.3, 0.4) is 0 Å². The van der Waals surface area contributed by atoms with E-state index in [-0.39, 0.29) is 18.1 Å². The first-order chi connectivity index (χ1) is 6.92. The van der Waals surface area contributed by atoms with Gasteiger partial charge in [0.15, 0.2) is 5.69 Å². The van der Waals surface area contributed by atoms with Gasteiger partial charge in [-0.15, -0.1) is 0 Å². The predicted molar refractivity (Wildman–Crippen MR) is 54.5 cm³/mol. The van der Waals surface area contributed by atoms with Gasteiger partial charge in [-0.2, -0.15) is 0 Å². The highest BCUT2D eigenvalue weighted by atomic mass is 16.5. The molecule has 1 rings (SSSR count). The maximum atomic E-state index is 11.5. The maximum Gasteiger partial charge on any atom is 0.273 e. The van der Waals surface area contributed by atoms with Gasteiger partial charge in [0.25, 0.3) is 5.91 Å². The van der Waals surface area contributed by atoms with Gasteiger partial charge in [-0.1, -0.05) is 12.1 Å².